The maximum absolute atomic E-state index is 5.90. The third kappa shape index (κ3) is 4.43. The van der Waals surface area contributed by atoms with Crippen molar-refractivity contribution in [2.75, 3.05) is 11.9 Å². The molecule has 0 amide bonds. The van der Waals surface area contributed by atoms with Crippen LogP contribution in [0.2, 0.25) is 5.02 Å². The minimum Gasteiger partial charge on any atom is -0.494 e. The van der Waals surface area contributed by atoms with Crippen LogP contribution in [0.25, 0.3) is 0 Å². The number of ether oxygens (including phenoxy) is 1. The van der Waals surface area contributed by atoms with E-state index in [2.05, 4.69) is 15.5 Å². The topological polar surface area (TPSA) is 47.0 Å². The second-order valence-corrected chi connectivity index (χ2v) is 6.39. The largest absolute Gasteiger partial charge is 0.494 e. The van der Waals surface area contributed by atoms with Gasteiger partial charge < -0.3 is 10.1 Å². The van der Waals surface area contributed by atoms with Gasteiger partial charge in [0.05, 0.1) is 6.61 Å². The van der Waals surface area contributed by atoms with Gasteiger partial charge in [0.25, 0.3) is 0 Å². The fraction of sp³-hybridized carbons (Fsp3) is 0.176. The Labute approximate surface area is 144 Å². The second kappa shape index (κ2) is 7.44. The average molecular weight is 346 g/mol. The highest BCUT2D eigenvalue weighted by molar-refractivity contribution is 7.15. The van der Waals surface area contributed by atoms with Crippen LogP contribution >= 0.6 is 22.9 Å². The highest BCUT2D eigenvalue weighted by atomic mass is 35.5. The number of halogens is 1. The summed E-state index contributed by atoms with van der Waals surface area (Å²) in [6.07, 6.45) is 0.750. The lowest BCUT2D eigenvalue weighted by molar-refractivity contribution is 0.340. The molecular weight excluding hydrogens is 330 g/mol. The molecule has 6 heteroatoms. The molecule has 1 aromatic heterocycles. The first-order valence-corrected chi connectivity index (χ1v) is 8.49. The zero-order valence-corrected chi connectivity index (χ0v) is 14.2. The summed E-state index contributed by atoms with van der Waals surface area (Å²) in [5, 5.41) is 14.1. The molecule has 3 rings (SSSR count). The Balaban J connectivity index is 1.63. The van der Waals surface area contributed by atoms with E-state index in [1.54, 1.807) is 11.3 Å². The Hall–Kier alpha value is -2.11. The summed E-state index contributed by atoms with van der Waals surface area (Å²) in [5.74, 6) is 0.860. The molecule has 0 bridgehead atoms. The number of rotatable bonds is 6. The Kier molecular flexibility index (Phi) is 5.10. The molecule has 1 heterocycles. The van der Waals surface area contributed by atoms with Gasteiger partial charge in [-0.15, -0.1) is 10.2 Å². The van der Waals surface area contributed by atoms with Crippen molar-refractivity contribution in [1.29, 1.82) is 0 Å². The van der Waals surface area contributed by atoms with E-state index >= 15 is 0 Å². The molecule has 0 saturated carbocycles. The van der Waals surface area contributed by atoms with Gasteiger partial charge in [0, 0.05) is 17.1 Å². The smallest absolute Gasteiger partial charge is 0.210 e. The van der Waals surface area contributed by atoms with Crippen molar-refractivity contribution in [1.82, 2.24) is 10.2 Å². The molecule has 0 unspecified atom stereocenters. The normalized spacial score (nSPS) is 10.5. The summed E-state index contributed by atoms with van der Waals surface area (Å²) < 4.78 is 5.43. The van der Waals surface area contributed by atoms with Crippen molar-refractivity contribution in [2.24, 2.45) is 0 Å². The molecule has 1 N–H and O–H groups in total. The van der Waals surface area contributed by atoms with Gasteiger partial charge in [-0.3, -0.25) is 0 Å². The quantitative estimate of drug-likeness (QED) is 0.688. The number of hydrogen-bond donors (Lipinski definition) is 1. The van der Waals surface area contributed by atoms with Gasteiger partial charge in [0.2, 0.25) is 5.13 Å². The standard InChI is InChI=1S/C17H16ClN3OS/c1-2-22-15-9-7-14(8-10-15)19-17-21-20-16(23-17)11-12-3-5-13(18)6-4-12/h3-10H,2,11H2,1H3,(H,19,21). The average Bonchev–Trinajstić information content (AvgIpc) is 2.99. The van der Waals surface area contributed by atoms with Gasteiger partial charge in [-0.1, -0.05) is 35.1 Å². The number of nitrogens with one attached hydrogen (secondary N) is 1. The lowest BCUT2D eigenvalue weighted by Gasteiger charge is -2.05. The molecule has 3 aromatic rings. The third-order valence-corrected chi connectivity index (χ3v) is 4.24. The third-order valence-electron chi connectivity index (χ3n) is 3.15. The van der Waals surface area contributed by atoms with Crippen molar-refractivity contribution in [3.8, 4) is 5.75 Å². The van der Waals surface area contributed by atoms with Crippen LogP contribution in [-0.4, -0.2) is 16.8 Å². The summed E-state index contributed by atoms with van der Waals surface area (Å²) in [5.41, 5.74) is 2.13. The van der Waals surface area contributed by atoms with Crippen LogP contribution in [-0.2, 0) is 6.42 Å². The molecule has 2 aromatic carbocycles. The molecule has 118 valence electrons. The van der Waals surface area contributed by atoms with E-state index < -0.39 is 0 Å². The molecule has 0 aliphatic heterocycles. The van der Waals surface area contributed by atoms with Crippen LogP contribution in [0.15, 0.2) is 48.5 Å². The lowest BCUT2D eigenvalue weighted by Crippen LogP contribution is -1.92. The predicted molar refractivity (Wildman–Crippen MR) is 95.1 cm³/mol. The van der Waals surface area contributed by atoms with E-state index in [-0.39, 0.29) is 0 Å². The number of hydrogen-bond acceptors (Lipinski definition) is 5. The van der Waals surface area contributed by atoms with E-state index in [0.29, 0.717) is 6.61 Å². The maximum atomic E-state index is 5.90. The Morgan fingerprint density at radius 3 is 2.48 bits per heavy atom. The number of aromatic nitrogens is 2. The Bertz CT molecular complexity index is 756. The number of benzene rings is 2. The van der Waals surface area contributed by atoms with Crippen LogP contribution in [0.1, 0.15) is 17.5 Å². The van der Waals surface area contributed by atoms with E-state index in [1.807, 2.05) is 55.5 Å². The summed E-state index contributed by atoms with van der Waals surface area (Å²) in [6.45, 7) is 2.63. The monoisotopic (exact) mass is 345 g/mol. The highest BCUT2D eigenvalue weighted by Gasteiger charge is 2.06. The molecule has 0 atom stereocenters. The SMILES string of the molecule is CCOc1ccc(Nc2nnc(Cc3ccc(Cl)cc3)s2)cc1. The summed E-state index contributed by atoms with van der Waals surface area (Å²) in [7, 11) is 0. The van der Waals surface area contributed by atoms with Crippen LogP contribution in [0, 0.1) is 0 Å². The number of anilines is 2. The zero-order chi connectivity index (χ0) is 16.1. The maximum Gasteiger partial charge on any atom is 0.210 e. The van der Waals surface area contributed by atoms with Crippen molar-refractivity contribution in [3.05, 3.63) is 64.1 Å². The van der Waals surface area contributed by atoms with Gasteiger partial charge in [-0.05, 0) is 48.9 Å². The fourth-order valence-corrected chi connectivity index (χ4v) is 3.00. The van der Waals surface area contributed by atoms with Gasteiger partial charge >= 0.3 is 0 Å². The van der Waals surface area contributed by atoms with E-state index in [0.717, 1.165) is 38.6 Å². The molecule has 23 heavy (non-hydrogen) atoms. The lowest BCUT2D eigenvalue weighted by atomic mass is 10.2. The Morgan fingerprint density at radius 1 is 1.04 bits per heavy atom. The van der Waals surface area contributed by atoms with Gasteiger partial charge in [0.1, 0.15) is 10.8 Å². The van der Waals surface area contributed by atoms with Crippen molar-refractivity contribution >= 4 is 33.8 Å². The molecule has 0 saturated heterocycles. The zero-order valence-electron chi connectivity index (χ0n) is 12.6. The van der Waals surface area contributed by atoms with Crippen molar-refractivity contribution < 1.29 is 4.74 Å². The van der Waals surface area contributed by atoms with Crippen LogP contribution < -0.4 is 10.1 Å². The molecule has 4 nitrogen and oxygen atoms in total. The summed E-state index contributed by atoms with van der Waals surface area (Å²) in [4.78, 5) is 0. The molecule has 0 fully saturated rings. The van der Waals surface area contributed by atoms with Crippen LogP contribution in [0.4, 0.5) is 10.8 Å². The molecule has 0 radical (unpaired) electrons. The molecule has 0 aliphatic rings. The van der Waals surface area contributed by atoms with Crippen molar-refractivity contribution in [3.63, 3.8) is 0 Å². The molecule has 0 aliphatic carbocycles. The number of nitrogens with zero attached hydrogens (tertiary/aromatic N) is 2. The molecule has 0 spiro atoms. The predicted octanol–water partition coefficient (Wildman–Crippen LogP) is 4.92. The fourth-order valence-electron chi connectivity index (χ4n) is 2.08. The first kappa shape index (κ1) is 15.8. The highest BCUT2D eigenvalue weighted by Crippen LogP contribution is 2.24. The van der Waals surface area contributed by atoms with Crippen molar-refractivity contribution in [2.45, 2.75) is 13.3 Å². The Morgan fingerprint density at radius 2 is 1.78 bits per heavy atom. The van der Waals surface area contributed by atoms with Gasteiger partial charge in [-0.25, -0.2) is 0 Å². The van der Waals surface area contributed by atoms with E-state index in [9.17, 15) is 0 Å². The summed E-state index contributed by atoms with van der Waals surface area (Å²) in [6, 6.07) is 15.6. The van der Waals surface area contributed by atoms with E-state index in [1.165, 1.54) is 0 Å². The van der Waals surface area contributed by atoms with Gasteiger partial charge in [0.15, 0.2) is 0 Å². The minimum atomic E-state index is 0.664. The minimum absolute atomic E-state index is 0.664. The molecular formula is C17H16ClN3OS. The first-order valence-electron chi connectivity index (χ1n) is 7.29. The van der Waals surface area contributed by atoms with Gasteiger partial charge in [-0.2, -0.15) is 0 Å². The van der Waals surface area contributed by atoms with E-state index in [4.69, 9.17) is 16.3 Å². The first-order chi connectivity index (χ1) is 11.2. The van der Waals surface area contributed by atoms with Crippen LogP contribution in [0.3, 0.4) is 0 Å². The second-order valence-electron chi connectivity index (χ2n) is 4.89. The summed E-state index contributed by atoms with van der Waals surface area (Å²) >= 11 is 7.44. The van der Waals surface area contributed by atoms with Crippen LogP contribution in [0.5, 0.6) is 5.75 Å².